The minimum Gasteiger partial charge on any atom is -0.481 e. The van der Waals surface area contributed by atoms with E-state index in [0.717, 1.165) is 16.7 Å². The van der Waals surface area contributed by atoms with Gasteiger partial charge in [0.2, 0.25) is 5.91 Å². The Morgan fingerprint density at radius 2 is 1.90 bits per heavy atom. The Labute approximate surface area is 119 Å². The highest BCUT2D eigenvalue weighted by molar-refractivity contribution is 5.79. The van der Waals surface area contributed by atoms with Crippen molar-refractivity contribution in [3.8, 4) is 0 Å². The molecular formula is C16H21NO3. The molecule has 4 nitrogen and oxygen atoms in total. The Morgan fingerprint density at radius 1 is 1.25 bits per heavy atom. The summed E-state index contributed by atoms with van der Waals surface area (Å²) in [6.07, 6.45) is 1.53. The largest absolute Gasteiger partial charge is 0.481 e. The van der Waals surface area contributed by atoms with E-state index in [2.05, 4.69) is 6.07 Å². The van der Waals surface area contributed by atoms with Crippen molar-refractivity contribution in [1.82, 2.24) is 4.90 Å². The normalized spacial score (nSPS) is 16.2. The van der Waals surface area contributed by atoms with Crippen LogP contribution in [-0.2, 0) is 16.0 Å². The number of amides is 1. The monoisotopic (exact) mass is 275 g/mol. The van der Waals surface area contributed by atoms with Gasteiger partial charge in [-0.2, -0.15) is 0 Å². The SMILES string of the molecule is Cc1ccc(C)c(CC(=O)N2CCC(C(=O)O)CC2)c1. The Morgan fingerprint density at radius 3 is 2.50 bits per heavy atom. The molecule has 20 heavy (non-hydrogen) atoms. The molecule has 0 saturated carbocycles. The second kappa shape index (κ2) is 6.07. The fraction of sp³-hybridized carbons (Fsp3) is 0.500. The van der Waals surface area contributed by atoms with E-state index >= 15 is 0 Å². The van der Waals surface area contributed by atoms with Crippen molar-refractivity contribution in [2.75, 3.05) is 13.1 Å². The molecule has 1 aromatic rings. The maximum absolute atomic E-state index is 12.3. The first-order chi connectivity index (χ1) is 9.47. The van der Waals surface area contributed by atoms with Crippen molar-refractivity contribution in [2.45, 2.75) is 33.1 Å². The molecule has 1 aliphatic rings. The van der Waals surface area contributed by atoms with Gasteiger partial charge >= 0.3 is 5.97 Å². The lowest BCUT2D eigenvalue weighted by Crippen LogP contribution is -2.41. The molecule has 1 saturated heterocycles. The minimum absolute atomic E-state index is 0.0996. The molecule has 0 bridgehead atoms. The summed E-state index contributed by atoms with van der Waals surface area (Å²) in [5, 5.41) is 8.96. The third-order valence-electron chi connectivity index (χ3n) is 4.04. The van der Waals surface area contributed by atoms with Crippen molar-refractivity contribution in [3.05, 3.63) is 34.9 Å². The second-order valence-corrected chi connectivity index (χ2v) is 5.60. The van der Waals surface area contributed by atoms with Crippen LogP contribution in [0.5, 0.6) is 0 Å². The molecular weight excluding hydrogens is 254 g/mol. The molecule has 2 rings (SSSR count). The average Bonchev–Trinajstić information content (AvgIpc) is 2.43. The summed E-state index contributed by atoms with van der Waals surface area (Å²) in [6, 6.07) is 6.13. The van der Waals surface area contributed by atoms with Gasteiger partial charge in [0.25, 0.3) is 0 Å². The lowest BCUT2D eigenvalue weighted by atomic mass is 9.96. The summed E-state index contributed by atoms with van der Waals surface area (Å²) in [4.78, 5) is 25.0. The van der Waals surface area contributed by atoms with Gasteiger partial charge in [-0.1, -0.05) is 23.8 Å². The number of aryl methyl sites for hydroxylation is 2. The number of aliphatic carboxylic acids is 1. The van der Waals surface area contributed by atoms with Crippen molar-refractivity contribution in [2.24, 2.45) is 5.92 Å². The first-order valence-corrected chi connectivity index (χ1v) is 7.04. The Balaban J connectivity index is 1.96. The van der Waals surface area contributed by atoms with Gasteiger partial charge in [-0.25, -0.2) is 0 Å². The summed E-state index contributed by atoms with van der Waals surface area (Å²) in [5.74, 6) is -0.936. The first-order valence-electron chi connectivity index (χ1n) is 7.04. The van der Waals surface area contributed by atoms with Gasteiger partial charge in [-0.3, -0.25) is 9.59 Å². The number of carboxylic acids is 1. The van der Waals surface area contributed by atoms with Gasteiger partial charge < -0.3 is 10.0 Å². The van der Waals surface area contributed by atoms with E-state index in [-0.39, 0.29) is 11.8 Å². The highest BCUT2D eigenvalue weighted by Crippen LogP contribution is 2.19. The molecule has 0 aliphatic carbocycles. The lowest BCUT2D eigenvalue weighted by Gasteiger charge is -2.30. The van der Waals surface area contributed by atoms with E-state index in [9.17, 15) is 9.59 Å². The van der Waals surface area contributed by atoms with Crippen LogP contribution in [0.3, 0.4) is 0 Å². The molecule has 4 heteroatoms. The van der Waals surface area contributed by atoms with Crippen LogP contribution in [0.15, 0.2) is 18.2 Å². The molecule has 0 unspecified atom stereocenters. The number of piperidine rings is 1. The van der Waals surface area contributed by atoms with Crippen LogP contribution in [0.2, 0.25) is 0 Å². The Hall–Kier alpha value is -1.84. The van der Waals surface area contributed by atoms with Crippen LogP contribution in [-0.4, -0.2) is 35.0 Å². The summed E-state index contributed by atoms with van der Waals surface area (Å²) >= 11 is 0. The number of carbonyl (C=O) groups excluding carboxylic acids is 1. The number of hydrogen-bond donors (Lipinski definition) is 1. The van der Waals surface area contributed by atoms with Crippen molar-refractivity contribution >= 4 is 11.9 Å². The van der Waals surface area contributed by atoms with Crippen molar-refractivity contribution in [1.29, 1.82) is 0 Å². The van der Waals surface area contributed by atoms with Crippen LogP contribution in [0, 0.1) is 19.8 Å². The van der Waals surface area contributed by atoms with E-state index < -0.39 is 5.97 Å². The molecule has 108 valence electrons. The number of likely N-dealkylation sites (tertiary alicyclic amines) is 1. The first kappa shape index (κ1) is 14.6. The summed E-state index contributed by atoms with van der Waals surface area (Å²) in [6.45, 7) is 5.14. The second-order valence-electron chi connectivity index (χ2n) is 5.60. The van der Waals surface area contributed by atoms with Crippen LogP contribution < -0.4 is 0 Å². The highest BCUT2D eigenvalue weighted by atomic mass is 16.4. The van der Waals surface area contributed by atoms with Crippen molar-refractivity contribution in [3.63, 3.8) is 0 Å². The number of nitrogens with zero attached hydrogens (tertiary/aromatic N) is 1. The topological polar surface area (TPSA) is 57.6 Å². The molecule has 0 radical (unpaired) electrons. The van der Waals surface area contributed by atoms with Gasteiger partial charge in [0.15, 0.2) is 0 Å². The molecule has 0 atom stereocenters. The van der Waals surface area contributed by atoms with E-state index in [1.165, 1.54) is 0 Å². The molecule has 1 fully saturated rings. The van der Waals surface area contributed by atoms with Crippen LogP contribution in [0.1, 0.15) is 29.5 Å². The third-order valence-corrected chi connectivity index (χ3v) is 4.04. The van der Waals surface area contributed by atoms with Crippen molar-refractivity contribution < 1.29 is 14.7 Å². The van der Waals surface area contributed by atoms with Gasteiger partial charge in [0.05, 0.1) is 12.3 Å². The predicted molar refractivity (Wildman–Crippen MR) is 76.6 cm³/mol. The van der Waals surface area contributed by atoms with Gasteiger partial charge in [0.1, 0.15) is 0 Å². The van der Waals surface area contributed by atoms with E-state index in [0.29, 0.717) is 32.4 Å². The zero-order chi connectivity index (χ0) is 14.7. The molecule has 0 aromatic heterocycles. The smallest absolute Gasteiger partial charge is 0.306 e. The number of carbonyl (C=O) groups is 2. The Bertz CT molecular complexity index is 516. The fourth-order valence-electron chi connectivity index (χ4n) is 2.64. The molecule has 1 heterocycles. The maximum Gasteiger partial charge on any atom is 0.306 e. The lowest BCUT2D eigenvalue weighted by molar-refractivity contribution is -0.145. The summed E-state index contributed by atoms with van der Waals surface area (Å²) in [5.41, 5.74) is 3.35. The zero-order valence-corrected chi connectivity index (χ0v) is 12.1. The number of hydrogen-bond acceptors (Lipinski definition) is 2. The van der Waals surface area contributed by atoms with Crippen LogP contribution in [0.25, 0.3) is 0 Å². The van der Waals surface area contributed by atoms with Gasteiger partial charge in [-0.15, -0.1) is 0 Å². The van der Waals surface area contributed by atoms with Crippen LogP contribution >= 0.6 is 0 Å². The zero-order valence-electron chi connectivity index (χ0n) is 12.1. The van der Waals surface area contributed by atoms with Gasteiger partial charge in [-0.05, 0) is 37.8 Å². The Kier molecular flexibility index (Phi) is 4.42. The quantitative estimate of drug-likeness (QED) is 0.919. The molecule has 1 aliphatic heterocycles. The highest BCUT2D eigenvalue weighted by Gasteiger charge is 2.26. The van der Waals surface area contributed by atoms with E-state index in [1.807, 2.05) is 26.0 Å². The van der Waals surface area contributed by atoms with Crippen LogP contribution in [0.4, 0.5) is 0 Å². The summed E-state index contributed by atoms with van der Waals surface area (Å²) in [7, 11) is 0. The third kappa shape index (κ3) is 3.38. The average molecular weight is 275 g/mol. The summed E-state index contributed by atoms with van der Waals surface area (Å²) < 4.78 is 0. The molecule has 1 N–H and O–H groups in total. The molecule has 0 spiro atoms. The molecule has 1 amide bonds. The van der Waals surface area contributed by atoms with E-state index in [4.69, 9.17) is 5.11 Å². The number of benzene rings is 1. The predicted octanol–water partition coefficient (Wildman–Crippen LogP) is 2.17. The maximum atomic E-state index is 12.3. The van der Waals surface area contributed by atoms with Gasteiger partial charge in [0, 0.05) is 13.1 Å². The standard InChI is InChI=1S/C16H21NO3/c1-11-3-4-12(2)14(9-11)10-15(18)17-7-5-13(6-8-17)16(19)20/h3-4,9,13H,5-8,10H2,1-2H3,(H,19,20). The fourth-order valence-corrected chi connectivity index (χ4v) is 2.64. The number of rotatable bonds is 3. The molecule has 1 aromatic carbocycles. The minimum atomic E-state index is -0.744. The number of carboxylic acid groups (broad SMARTS) is 1. The van der Waals surface area contributed by atoms with E-state index in [1.54, 1.807) is 4.90 Å².